The molecule has 0 aliphatic heterocycles. The monoisotopic (exact) mass is 181 g/mol. The van der Waals surface area contributed by atoms with E-state index < -0.39 is 5.54 Å². The third-order valence-corrected chi connectivity index (χ3v) is 2.78. The van der Waals surface area contributed by atoms with Crippen LogP contribution in [-0.2, 0) is 4.79 Å². The minimum Gasteiger partial charge on any atom is -0.308 e. The predicted octanol–water partition coefficient (Wildman–Crippen LogP) is 2.05. The molecule has 0 fully saturated rings. The predicted molar refractivity (Wildman–Crippen MR) is 54.7 cm³/mol. The van der Waals surface area contributed by atoms with Crippen LogP contribution in [0, 0.1) is 0 Å². The topological polar surface area (TPSA) is 29.1 Å². The van der Waals surface area contributed by atoms with Gasteiger partial charge >= 0.3 is 0 Å². The molecule has 0 aromatic rings. The van der Waals surface area contributed by atoms with Crippen molar-refractivity contribution in [1.29, 1.82) is 0 Å². The number of Topliss-reactive ketones (excluding diaryl/α,β-unsaturated/α-hetero) is 1. The fraction of sp³-hybridized carbons (Fsp3) is 0.727. The zero-order valence-electron chi connectivity index (χ0n) is 8.81. The molecule has 0 amide bonds. The van der Waals surface area contributed by atoms with Crippen LogP contribution in [0.1, 0.15) is 39.5 Å². The Kier molecular flexibility index (Phi) is 3.26. The fourth-order valence-electron chi connectivity index (χ4n) is 1.56. The number of carbonyl (C=O) groups is 1. The Labute approximate surface area is 80.4 Å². The van der Waals surface area contributed by atoms with Gasteiger partial charge in [0.05, 0.1) is 5.54 Å². The van der Waals surface area contributed by atoms with Gasteiger partial charge in [0.15, 0.2) is 5.78 Å². The van der Waals surface area contributed by atoms with Crippen LogP contribution in [-0.4, -0.2) is 18.4 Å². The number of carbonyl (C=O) groups excluding carboxylic acids is 1. The van der Waals surface area contributed by atoms with E-state index in [1.807, 2.05) is 20.9 Å². The highest BCUT2D eigenvalue weighted by molar-refractivity contribution is 6.02. The zero-order chi connectivity index (χ0) is 9.90. The number of allylic oxidation sites excluding steroid dienone is 1. The molecule has 1 rings (SSSR count). The Hall–Kier alpha value is -0.630. The van der Waals surface area contributed by atoms with Crippen LogP contribution in [0.4, 0.5) is 0 Å². The summed E-state index contributed by atoms with van der Waals surface area (Å²) in [4.78, 5) is 11.9. The highest BCUT2D eigenvalue weighted by atomic mass is 16.1. The van der Waals surface area contributed by atoms with Gasteiger partial charge in [0.2, 0.25) is 0 Å². The summed E-state index contributed by atoms with van der Waals surface area (Å²) in [6.07, 6.45) is 6.53. The second-order valence-corrected chi connectivity index (χ2v) is 4.18. The molecule has 0 bridgehead atoms. The van der Waals surface area contributed by atoms with Crippen molar-refractivity contribution in [3.8, 4) is 0 Å². The van der Waals surface area contributed by atoms with Crippen molar-refractivity contribution in [3.05, 3.63) is 11.6 Å². The molecule has 0 aromatic heterocycles. The van der Waals surface area contributed by atoms with Crippen LogP contribution >= 0.6 is 0 Å². The van der Waals surface area contributed by atoms with Crippen LogP contribution in [0.25, 0.3) is 0 Å². The maximum atomic E-state index is 11.9. The molecule has 1 N–H and O–H groups in total. The molecule has 0 spiro atoms. The fourth-order valence-corrected chi connectivity index (χ4v) is 1.56. The lowest BCUT2D eigenvalue weighted by atomic mass is 9.87. The molecule has 2 heteroatoms. The van der Waals surface area contributed by atoms with E-state index in [0.29, 0.717) is 0 Å². The van der Waals surface area contributed by atoms with Gasteiger partial charge in [0.1, 0.15) is 0 Å². The van der Waals surface area contributed by atoms with Crippen LogP contribution in [0.5, 0.6) is 0 Å². The summed E-state index contributed by atoms with van der Waals surface area (Å²) in [5.74, 6) is 0.259. The van der Waals surface area contributed by atoms with Gasteiger partial charge in [-0.3, -0.25) is 4.79 Å². The Bertz CT molecular complexity index is 228. The second-order valence-electron chi connectivity index (χ2n) is 4.18. The van der Waals surface area contributed by atoms with E-state index in [0.717, 1.165) is 24.8 Å². The minimum atomic E-state index is -0.400. The first-order chi connectivity index (χ1) is 6.08. The van der Waals surface area contributed by atoms with Crippen molar-refractivity contribution in [1.82, 2.24) is 5.32 Å². The van der Waals surface area contributed by atoms with E-state index in [4.69, 9.17) is 0 Å². The second kappa shape index (κ2) is 4.05. The van der Waals surface area contributed by atoms with Crippen LogP contribution in [0.15, 0.2) is 11.6 Å². The largest absolute Gasteiger partial charge is 0.308 e. The SMILES string of the molecule is CNC(C)(C)C(=O)C1=CCCCC1. The van der Waals surface area contributed by atoms with Gasteiger partial charge in [-0.2, -0.15) is 0 Å². The van der Waals surface area contributed by atoms with Crippen molar-refractivity contribution in [2.45, 2.75) is 45.1 Å². The summed E-state index contributed by atoms with van der Waals surface area (Å²) < 4.78 is 0. The highest BCUT2D eigenvalue weighted by Crippen LogP contribution is 2.22. The minimum absolute atomic E-state index is 0.259. The lowest BCUT2D eigenvalue weighted by Gasteiger charge is -2.25. The number of nitrogens with one attached hydrogen (secondary N) is 1. The normalized spacial score (nSPS) is 18.2. The molecular formula is C11H19NO. The Morgan fingerprint density at radius 3 is 2.62 bits per heavy atom. The average Bonchev–Trinajstić information content (AvgIpc) is 2.18. The molecule has 0 unspecified atom stereocenters. The molecule has 0 atom stereocenters. The standard InChI is InChI=1S/C11H19NO/c1-11(2,12-3)10(13)9-7-5-4-6-8-9/h7,12H,4-6,8H2,1-3H3. The quantitative estimate of drug-likeness (QED) is 0.722. The van der Waals surface area contributed by atoms with Gasteiger partial charge in [-0.05, 0) is 52.2 Å². The summed E-state index contributed by atoms with van der Waals surface area (Å²) in [6, 6.07) is 0. The van der Waals surface area contributed by atoms with Gasteiger partial charge in [0.25, 0.3) is 0 Å². The smallest absolute Gasteiger partial charge is 0.177 e. The first kappa shape index (κ1) is 10.5. The molecule has 2 nitrogen and oxygen atoms in total. The maximum absolute atomic E-state index is 11.9. The van der Waals surface area contributed by atoms with Gasteiger partial charge in [0, 0.05) is 0 Å². The third kappa shape index (κ3) is 2.41. The van der Waals surface area contributed by atoms with Crippen molar-refractivity contribution in [2.24, 2.45) is 0 Å². The number of hydrogen-bond acceptors (Lipinski definition) is 2. The van der Waals surface area contributed by atoms with E-state index in [1.165, 1.54) is 6.42 Å². The van der Waals surface area contributed by atoms with Crippen LogP contribution in [0.3, 0.4) is 0 Å². The van der Waals surface area contributed by atoms with Crippen LogP contribution in [0.2, 0.25) is 0 Å². The molecule has 0 heterocycles. The van der Waals surface area contributed by atoms with E-state index in [2.05, 4.69) is 11.4 Å². The first-order valence-corrected chi connectivity index (χ1v) is 5.00. The van der Waals surface area contributed by atoms with E-state index in [9.17, 15) is 4.79 Å². The summed E-state index contributed by atoms with van der Waals surface area (Å²) in [5.41, 5.74) is 0.619. The van der Waals surface area contributed by atoms with Crippen molar-refractivity contribution < 1.29 is 4.79 Å². The van der Waals surface area contributed by atoms with E-state index in [-0.39, 0.29) is 5.78 Å². The number of hydrogen-bond donors (Lipinski definition) is 1. The van der Waals surface area contributed by atoms with Gasteiger partial charge in [-0.1, -0.05) is 6.08 Å². The molecule has 1 aliphatic carbocycles. The third-order valence-electron chi connectivity index (χ3n) is 2.78. The molecule has 1 aliphatic rings. The van der Waals surface area contributed by atoms with Crippen molar-refractivity contribution in [2.75, 3.05) is 7.05 Å². The van der Waals surface area contributed by atoms with Crippen molar-refractivity contribution >= 4 is 5.78 Å². The average molecular weight is 181 g/mol. The molecule has 0 radical (unpaired) electrons. The maximum Gasteiger partial charge on any atom is 0.177 e. The lowest BCUT2D eigenvalue weighted by molar-refractivity contribution is -0.120. The summed E-state index contributed by atoms with van der Waals surface area (Å²) in [7, 11) is 1.83. The van der Waals surface area contributed by atoms with Crippen LogP contribution < -0.4 is 5.32 Å². The van der Waals surface area contributed by atoms with Gasteiger partial charge in [-0.25, -0.2) is 0 Å². The Morgan fingerprint density at radius 1 is 1.46 bits per heavy atom. The zero-order valence-corrected chi connectivity index (χ0v) is 8.81. The summed E-state index contributed by atoms with van der Waals surface area (Å²) >= 11 is 0. The Balaban J connectivity index is 2.71. The van der Waals surface area contributed by atoms with Crippen molar-refractivity contribution in [3.63, 3.8) is 0 Å². The Morgan fingerprint density at radius 2 is 2.15 bits per heavy atom. The number of rotatable bonds is 3. The number of likely N-dealkylation sites (N-methyl/N-ethyl adjacent to an activating group) is 1. The molecule has 0 aromatic carbocycles. The van der Waals surface area contributed by atoms with E-state index in [1.54, 1.807) is 0 Å². The molecule has 74 valence electrons. The molecule has 0 saturated heterocycles. The summed E-state index contributed by atoms with van der Waals surface area (Å²) in [5, 5.41) is 3.05. The van der Waals surface area contributed by atoms with Gasteiger partial charge < -0.3 is 5.32 Å². The summed E-state index contributed by atoms with van der Waals surface area (Å²) in [6.45, 7) is 3.87. The van der Waals surface area contributed by atoms with Gasteiger partial charge in [-0.15, -0.1) is 0 Å². The lowest BCUT2D eigenvalue weighted by Crippen LogP contribution is -2.45. The molecule has 0 saturated carbocycles. The highest BCUT2D eigenvalue weighted by Gasteiger charge is 2.28. The van der Waals surface area contributed by atoms with E-state index >= 15 is 0 Å². The number of ketones is 1. The molecular weight excluding hydrogens is 162 g/mol. The first-order valence-electron chi connectivity index (χ1n) is 5.00. The molecule has 13 heavy (non-hydrogen) atoms.